The van der Waals surface area contributed by atoms with Crippen LogP contribution in [0.15, 0.2) is 18.2 Å². The van der Waals surface area contributed by atoms with E-state index in [1.54, 1.807) is 11.0 Å². The van der Waals surface area contributed by atoms with Gasteiger partial charge in [0.25, 0.3) is 0 Å². The topological polar surface area (TPSA) is 77.1 Å². The quantitative estimate of drug-likeness (QED) is 0.652. The number of piperidine rings is 1. The molecule has 0 bridgehead atoms. The van der Waals surface area contributed by atoms with Gasteiger partial charge in [-0.3, -0.25) is 0 Å². The highest BCUT2D eigenvalue weighted by Crippen LogP contribution is 2.34. The Balaban J connectivity index is 2.14. The standard InChI is InChI=1S/C21H30ClFN2O5/c1-21(2,3)30-20(27)25-8-5-6-14(13-25)18(29-9-7-24-19(26)28-4)15-10-16(22)12-17(23)11-15/h10-12,14,18H,5-9,13H2,1-4H3,(H,24,26). The van der Waals surface area contributed by atoms with Crippen LogP contribution in [0.3, 0.4) is 0 Å². The molecule has 7 nitrogen and oxygen atoms in total. The number of alkyl carbamates (subject to hydrolysis) is 1. The average molecular weight is 445 g/mol. The first kappa shape index (κ1) is 24.2. The fourth-order valence-electron chi connectivity index (χ4n) is 3.40. The van der Waals surface area contributed by atoms with Crippen LogP contribution in [-0.4, -0.2) is 56.0 Å². The first-order valence-electron chi connectivity index (χ1n) is 9.96. The van der Waals surface area contributed by atoms with Gasteiger partial charge in [0.15, 0.2) is 0 Å². The summed E-state index contributed by atoms with van der Waals surface area (Å²) in [5.41, 5.74) is 0.00404. The van der Waals surface area contributed by atoms with E-state index in [2.05, 4.69) is 10.1 Å². The van der Waals surface area contributed by atoms with Crippen molar-refractivity contribution in [3.8, 4) is 0 Å². The summed E-state index contributed by atoms with van der Waals surface area (Å²) in [6.07, 6.45) is 0.131. The maximum Gasteiger partial charge on any atom is 0.410 e. The highest BCUT2D eigenvalue weighted by molar-refractivity contribution is 6.30. The molecule has 1 aromatic rings. The number of nitrogens with one attached hydrogen (secondary N) is 1. The van der Waals surface area contributed by atoms with Crippen molar-refractivity contribution in [3.63, 3.8) is 0 Å². The van der Waals surface area contributed by atoms with Gasteiger partial charge in [0.05, 0.1) is 19.8 Å². The lowest BCUT2D eigenvalue weighted by Crippen LogP contribution is -2.44. The van der Waals surface area contributed by atoms with E-state index in [1.165, 1.54) is 19.2 Å². The summed E-state index contributed by atoms with van der Waals surface area (Å²) in [7, 11) is 1.28. The molecule has 1 aliphatic heterocycles. The predicted octanol–water partition coefficient (Wildman–Crippen LogP) is 4.54. The molecular formula is C21H30ClFN2O5. The number of carbonyl (C=O) groups excluding carboxylic acids is 2. The van der Waals surface area contributed by atoms with Crippen LogP contribution in [0.4, 0.5) is 14.0 Å². The van der Waals surface area contributed by atoms with Gasteiger partial charge in [-0.2, -0.15) is 0 Å². The van der Waals surface area contributed by atoms with E-state index in [4.69, 9.17) is 21.1 Å². The zero-order valence-corrected chi connectivity index (χ0v) is 18.6. The molecule has 0 spiro atoms. The van der Waals surface area contributed by atoms with Crippen molar-refractivity contribution in [1.29, 1.82) is 0 Å². The van der Waals surface area contributed by atoms with Gasteiger partial charge >= 0.3 is 12.2 Å². The number of nitrogens with zero attached hydrogens (tertiary/aromatic N) is 1. The van der Waals surface area contributed by atoms with Crippen molar-refractivity contribution in [2.75, 3.05) is 33.4 Å². The number of ether oxygens (including phenoxy) is 3. The molecule has 1 saturated heterocycles. The molecule has 9 heteroatoms. The van der Waals surface area contributed by atoms with Crippen molar-refractivity contribution < 1.29 is 28.2 Å². The van der Waals surface area contributed by atoms with Crippen molar-refractivity contribution in [1.82, 2.24) is 10.2 Å². The SMILES string of the molecule is COC(=O)NCCOC(c1cc(F)cc(Cl)c1)C1CCCN(C(=O)OC(C)(C)C)C1. The zero-order chi connectivity index (χ0) is 22.3. The smallest absolute Gasteiger partial charge is 0.410 e. The Morgan fingerprint density at radius 1 is 1.33 bits per heavy atom. The van der Waals surface area contributed by atoms with Crippen molar-refractivity contribution in [2.45, 2.75) is 45.3 Å². The fourth-order valence-corrected chi connectivity index (χ4v) is 3.63. The normalized spacial score (nSPS) is 17.9. The van der Waals surface area contributed by atoms with E-state index in [-0.39, 0.29) is 30.2 Å². The number of rotatable bonds is 6. The van der Waals surface area contributed by atoms with E-state index in [9.17, 15) is 14.0 Å². The molecule has 1 aliphatic rings. The largest absolute Gasteiger partial charge is 0.453 e. The molecule has 168 valence electrons. The van der Waals surface area contributed by atoms with Crippen molar-refractivity contribution in [3.05, 3.63) is 34.6 Å². The van der Waals surface area contributed by atoms with E-state index < -0.39 is 23.6 Å². The Hall–Kier alpha value is -2.06. The summed E-state index contributed by atoms with van der Waals surface area (Å²) in [4.78, 5) is 25.4. The van der Waals surface area contributed by atoms with Gasteiger partial charge in [0, 0.05) is 30.6 Å². The molecule has 2 unspecified atom stereocenters. The monoisotopic (exact) mass is 444 g/mol. The van der Waals surface area contributed by atoms with Crippen LogP contribution in [0, 0.1) is 11.7 Å². The minimum Gasteiger partial charge on any atom is -0.453 e. The van der Waals surface area contributed by atoms with Gasteiger partial charge in [-0.25, -0.2) is 14.0 Å². The second-order valence-corrected chi connectivity index (χ2v) is 8.68. The molecule has 2 amide bonds. The maximum absolute atomic E-state index is 14.0. The lowest BCUT2D eigenvalue weighted by Gasteiger charge is -2.37. The number of likely N-dealkylation sites (tertiary alicyclic amines) is 1. The second-order valence-electron chi connectivity index (χ2n) is 8.24. The lowest BCUT2D eigenvalue weighted by molar-refractivity contribution is -0.0246. The maximum atomic E-state index is 14.0. The molecule has 2 rings (SSSR count). The van der Waals surface area contributed by atoms with Crippen molar-refractivity contribution in [2.24, 2.45) is 5.92 Å². The summed E-state index contributed by atoms with van der Waals surface area (Å²) in [5, 5.41) is 2.82. The van der Waals surface area contributed by atoms with Gasteiger partial charge in [0.2, 0.25) is 0 Å². The van der Waals surface area contributed by atoms with Crippen LogP contribution in [0.25, 0.3) is 0 Å². The molecule has 0 aromatic heterocycles. The minimum absolute atomic E-state index is 0.0812. The van der Waals surface area contributed by atoms with E-state index in [0.29, 0.717) is 18.7 Å². The molecule has 0 aliphatic carbocycles. The second kappa shape index (κ2) is 10.8. The van der Waals surface area contributed by atoms with E-state index in [0.717, 1.165) is 12.8 Å². The zero-order valence-electron chi connectivity index (χ0n) is 17.9. The number of halogens is 2. The molecule has 1 N–H and O–H groups in total. The highest BCUT2D eigenvalue weighted by atomic mass is 35.5. The molecule has 0 saturated carbocycles. The summed E-state index contributed by atoms with van der Waals surface area (Å²) in [5.74, 6) is -0.541. The summed E-state index contributed by atoms with van der Waals surface area (Å²) in [6.45, 7) is 6.89. The third kappa shape index (κ3) is 7.65. The third-order valence-electron chi connectivity index (χ3n) is 4.61. The molecular weight excluding hydrogens is 415 g/mol. The van der Waals surface area contributed by atoms with Gasteiger partial charge in [-0.1, -0.05) is 11.6 Å². The first-order valence-corrected chi connectivity index (χ1v) is 10.3. The molecule has 1 fully saturated rings. The molecule has 1 aromatic carbocycles. The minimum atomic E-state index is -0.588. The number of amides is 2. The molecule has 0 radical (unpaired) electrons. The third-order valence-corrected chi connectivity index (χ3v) is 4.82. The van der Waals surface area contributed by atoms with Gasteiger partial charge in [-0.15, -0.1) is 0 Å². The number of methoxy groups -OCH3 is 1. The van der Waals surface area contributed by atoms with Gasteiger partial charge in [-0.05, 0) is 57.4 Å². The van der Waals surface area contributed by atoms with Crippen LogP contribution in [0.5, 0.6) is 0 Å². The lowest BCUT2D eigenvalue weighted by atomic mass is 9.88. The summed E-state index contributed by atoms with van der Waals surface area (Å²) in [6, 6.07) is 4.28. The van der Waals surface area contributed by atoms with Crippen LogP contribution < -0.4 is 5.32 Å². The number of hydrogen-bond acceptors (Lipinski definition) is 5. The Bertz CT molecular complexity index is 720. The Morgan fingerprint density at radius 2 is 2.07 bits per heavy atom. The van der Waals surface area contributed by atoms with E-state index >= 15 is 0 Å². The fraction of sp³-hybridized carbons (Fsp3) is 0.619. The number of hydrogen-bond donors (Lipinski definition) is 1. The number of benzene rings is 1. The highest BCUT2D eigenvalue weighted by Gasteiger charge is 2.33. The van der Waals surface area contributed by atoms with Crippen LogP contribution in [-0.2, 0) is 14.2 Å². The predicted molar refractivity (Wildman–Crippen MR) is 111 cm³/mol. The Kier molecular flexibility index (Phi) is 8.73. The number of carbonyl (C=O) groups is 2. The molecule has 2 atom stereocenters. The van der Waals surface area contributed by atoms with Gasteiger partial charge in [0.1, 0.15) is 11.4 Å². The first-order chi connectivity index (χ1) is 14.1. The molecule has 1 heterocycles. The Labute approximate surface area is 181 Å². The van der Waals surface area contributed by atoms with Crippen molar-refractivity contribution >= 4 is 23.8 Å². The van der Waals surface area contributed by atoms with Crippen LogP contribution in [0.1, 0.15) is 45.3 Å². The van der Waals surface area contributed by atoms with Gasteiger partial charge < -0.3 is 24.4 Å². The van der Waals surface area contributed by atoms with E-state index in [1.807, 2.05) is 20.8 Å². The molecule has 30 heavy (non-hydrogen) atoms. The van der Waals surface area contributed by atoms with Crippen LogP contribution in [0.2, 0.25) is 5.02 Å². The summed E-state index contributed by atoms with van der Waals surface area (Å²) >= 11 is 6.05. The Morgan fingerprint density at radius 3 is 2.70 bits per heavy atom. The average Bonchev–Trinajstić information content (AvgIpc) is 2.65. The van der Waals surface area contributed by atoms with Crippen LogP contribution >= 0.6 is 11.6 Å². The summed E-state index contributed by atoms with van der Waals surface area (Å²) < 4.78 is 30.0.